The number of amides is 2. The van der Waals surface area contributed by atoms with Crippen molar-refractivity contribution in [1.82, 2.24) is 36.1 Å². The molecule has 13 heteroatoms. The van der Waals surface area contributed by atoms with Gasteiger partial charge in [-0.1, -0.05) is 24.3 Å². The molecule has 2 amide bonds. The Morgan fingerprint density at radius 2 is 1.65 bits per heavy atom. The van der Waals surface area contributed by atoms with Gasteiger partial charge in [-0.15, -0.1) is 20.4 Å². The summed E-state index contributed by atoms with van der Waals surface area (Å²) in [6, 6.07) is 9.71. The van der Waals surface area contributed by atoms with Crippen molar-refractivity contribution in [3.63, 3.8) is 0 Å². The molecule has 0 bridgehead atoms. The van der Waals surface area contributed by atoms with Gasteiger partial charge in [0, 0.05) is 18.3 Å². The van der Waals surface area contributed by atoms with Gasteiger partial charge in [0.2, 0.25) is 5.82 Å². The molecule has 0 aliphatic heterocycles. The van der Waals surface area contributed by atoms with Crippen molar-refractivity contribution in [2.75, 3.05) is 5.43 Å². The highest BCUT2D eigenvalue weighted by molar-refractivity contribution is 5.94. The molecule has 31 heavy (non-hydrogen) atoms. The maximum atomic E-state index is 12.2. The lowest BCUT2D eigenvalue weighted by Gasteiger charge is -2.10. The molecule has 3 N–H and O–H groups in total. The van der Waals surface area contributed by atoms with E-state index in [2.05, 4.69) is 30.7 Å². The van der Waals surface area contributed by atoms with Gasteiger partial charge < -0.3 is 5.32 Å². The van der Waals surface area contributed by atoms with Crippen molar-refractivity contribution in [3.8, 4) is 11.4 Å². The van der Waals surface area contributed by atoms with E-state index in [1.54, 1.807) is 31.2 Å². The summed E-state index contributed by atoms with van der Waals surface area (Å²) in [5, 5.41) is 18.3. The summed E-state index contributed by atoms with van der Waals surface area (Å²) in [7, 11) is 0. The average molecular weight is 432 g/mol. The van der Waals surface area contributed by atoms with Crippen LogP contribution in [-0.4, -0.2) is 43.4 Å². The molecule has 10 nitrogen and oxygen atoms in total. The minimum atomic E-state index is -5.02. The van der Waals surface area contributed by atoms with E-state index in [4.69, 9.17) is 0 Å². The third-order valence-electron chi connectivity index (χ3n) is 3.83. The predicted octanol–water partition coefficient (Wildman–Crippen LogP) is 1.57. The van der Waals surface area contributed by atoms with Gasteiger partial charge in [0.05, 0.1) is 5.56 Å². The van der Waals surface area contributed by atoms with E-state index in [0.717, 1.165) is 17.3 Å². The standard InChI is InChI=1S/C18H15F3N8O2/c1-10-24-27-15(28-25-10)12-4-2-11(3-5-12)8-23-16(30)13-6-7-14(22-9-13)26-29-17(31)18(19,20)21/h2-7,9H,8H2,1H3,(H,22,26)(H,23,30)(H,29,31). The van der Waals surface area contributed by atoms with Crippen LogP contribution in [0.15, 0.2) is 42.6 Å². The fourth-order valence-electron chi connectivity index (χ4n) is 2.24. The first-order valence-electron chi connectivity index (χ1n) is 8.73. The number of rotatable bonds is 6. The maximum absolute atomic E-state index is 12.2. The van der Waals surface area contributed by atoms with Crippen molar-refractivity contribution in [2.45, 2.75) is 19.6 Å². The molecule has 160 valence electrons. The molecule has 0 unspecified atom stereocenters. The van der Waals surface area contributed by atoms with Crippen molar-refractivity contribution < 1.29 is 22.8 Å². The molecule has 3 rings (SSSR count). The third-order valence-corrected chi connectivity index (χ3v) is 3.83. The molecule has 1 aromatic carbocycles. The Balaban J connectivity index is 1.52. The van der Waals surface area contributed by atoms with Crippen LogP contribution in [-0.2, 0) is 11.3 Å². The second-order valence-corrected chi connectivity index (χ2v) is 6.16. The first-order valence-corrected chi connectivity index (χ1v) is 8.73. The lowest BCUT2D eigenvalue weighted by molar-refractivity contribution is -0.173. The van der Waals surface area contributed by atoms with Crippen molar-refractivity contribution >= 4 is 17.6 Å². The summed E-state index contributed by atoms with van der Waals surface area (Å²) in [6.45, 7) is 1.91. The summed E-state index contributed by atoms with van der Waals surface area (Å²) in [6.07, 6.45) is -3.86. The zero-order chi connectivity index (χ0) is 22.4. The number of alkyl halides is 3. The summed E-state index contributed by atoms with van der Waals surface area (Å²) >= 11 is 0. The van der Waals surface area contributed by atoms with E-state index < -0.39 is 18.0 Å². The van der Waals surface area contributed by atoms with Gasteiger partial charge >= 0.3 is 12.1 Å². The summed E-state index contributed by atoms with van der Waals surface area (Å²) in [5.41, 5.74) is 5.20. The van der Waals surface area contributed by atoms with Crippen LogP contribution in [0.25, 0.3) is 11.4 Å². The molecule has 3 aromatic rings. The molecule has 0 aliphatic rings. The van der Waals surface area contributed by atoms with Crippen molar-refractivity contribution in [3.05, 3.63) is 59.5 Å². The molecule has 2 heterocycles. The van der Waals surface area contributed by atoms with E-state index in [1.165, 1.54) is 17.6 Å². The predicted molar refractivity (Wildman–Crippen MR) is 101 cm³/mol. The number of nitrogens with one attached hydrogen (secondary N) is 3. The number of hydrogen-bond donors (Lipinski definition) is 3. The second-order valence-electron chi connectivity index (χ2n) is 6.16. The summed E-state index contributed by atoms with van der Waals surface area (Å²) in [4.78, 5) is 26.7. The minimum Gasteiger partial charge on any atom is -0.348 e. The van der Waals surface area contributed by atoms with Gasteiger partial charge in [0.15, 0.2) is 5.82 Å². The Hall–Kier alpha value is -4.16. The smallest absolute Gasteiger partial charge is 0.348 e. The SMILES string of the molecule is Cc1nnc(-c2ccc(CNC(=O)c3ccc(NNC(=O)C(F)(F)F)nc3)cc2)nn1. The van der Waals surface area contributed by atoms with Gasteiger partial charge in [-0.25, -0.2) is 4.98 Å². The molecule has 0 fully saturated rings. The molecular weight excluding hydrogens is 417 g/mol. The number of carbonyl (C=O) groups is 2. The summed E-state index contributed by atoms with van der Waals surface area (Å²) < 4.78 is 36.4. The Bertz CT molecular complexity index is 1060. The highest BCUT2D eigenvalue weighted by atomic mass is 19.4. The van der Waals surface area contributed by atoms with Crippen LogP contribution in [0.1, 0.15) is 21.7 Å². The zero-order valence-corrected chi connectivity index (χ0v) is 15.9. The van der Waals surface area contributed by atoms with E-state index >= 15 is 0 Å². The first-order chi connectivity index (χ1) is 14.7. The first kappa shape index (κ1) is 21.5. The topological polar surface area (TPSA) is 135 Å². The van der Waals surface area contributed by atoms with E-state index in [1.807, 2.05) is 5.43 Å². The number of benzene rings is 1. The average Bonchev–Trinajstić information content (AvgIpc) is 2.76. The van der Waals surface area contributed by atoms with Crippen LogP contribution >= 0.6 is 0 Å². The number of carbonyl (C=O) groups excluding carboxylic acids is 2. The van der Waals surface area contributed by atoms with Crippen LogP contribution in [0.3, 0.4) is 0 Å². The van der Waals surface area contributed by atoms with E-state index in [0.29, 0.717) is 11.6 Å². The quantitative estimate of drug-likeness (QED) is 0.500. The number of aromatic nitrogens is 5. The zero-order valence-electron chi connectivity index (χ0n) is 15.9. The Kier molecular flexibility index (Phi) is 6.33. The van der Waals surface area contributed by atoms with Crippen LogP contribution in [0, 0.1) is 6.92 Å². The van der Waals surface area contributed by atoms with Gasteiger partial charge in [-0.3, -0.25) is 20.4 Å². The number of hydrazine groups is 1. The Labute approximate surface area is 173 Å². The van der Waals surface area contributed by atoms with Gasteiger partial charge in [-0.05, 0) is 24.6 Å². The third kappa shape index (κ3) is 5.91. The highest BCUT2D eigenvalue weighted by Crippen LogP contribution is 2.15. The van der Waals surface area contributed by atoms with Crippen molar-refractivity contribution in [2.24, 2.45) is 0 Å². The van der Waals surface area contributed by atoms with Crippen LogP contribution < -0.4 is 16.2 Å². The molecular formula is C18H15F3N8O2. The molecule has 0 saturated heterocycles. The van der Waals surface area contributed by atoms with Gasteiger partial charge in [-0.2, -0.15) is 13.2 Å². The number of halogens is 3. The van der Waals surface area contributed by atoms with E-state index in [9.17, 15) is 22.8 Å². The number of aryl methyl sites for hydroxylation is 1. The normalized spacial score (nSPS) is 11.0. The van der Waals surface area contributed by atoms with Gasteiger partial charge in [0.25, 0.3) is 5.91 Å². The van der Waals surface area contributed by atoms with Crippen molar-refractivity contribution in [1.29, 1.82) is 0 Å². The molecule has 0 atom stereocenters. The fourth-order valence-corrected chi connectivity index (χ4v) is 2.24. The number of nitrogens with zero attached hydrogens (tertiary/aromatic N) is 5. The largest absolute Gasteiger partial charge is 0.472 e. The Morgan fingerprint density at radius 3 is 2.23 bits per heavy atom. The number of hydrogen-bond acceptors (Lipinski definition) is 8. The molecule has 0 spiro atoms. The number of pyridine rings is 1. The minimum absolute atomic E-state index is 0.0629. The van der Waals surface area contributed by atoms with Crippen LogP contribution in [0.5, 0.6) is 0 Å². The molecule has 0 radical (unpaired) electrons. The highest BCUT2D eigenvalue weighted by Gasteiger charge is 2.38. The van der Waals surface area contributed by atoms with Gasteiger partial charge in [0.1, 0.15) is 5.82 Å². The molecule has 2 aromatic heterocycles. The fraction of sp³-hybridized carbons (Fsp3) is 0.167. The van der Waals surface area contributed by atoms with Crippen LogP contribution in [0.4, 0.5) is 19.0 Å². The van der Waals surface area contributed by atoms with E-state index in [-0.39, 0.29) is 17.9 Å². The Morgan fingerprint density at radius 1 is 0.968 bits per heavy atom. The number of anilines is 1. The molecule has 0 saturated carbocycles. The van der Waals surface area contributed by atoms with Crippen LogP contribution in [0.2, 0.25) is 0 Å². The summed E-state index contributed by atoms with van der Waals surface area (Å²) in [5.74, 6) is -1.81. The second kappa shape index (κ2) is 9.11. The molecule has 0 aliphatic carbocycles. The lowest BCUT2D eigenvalue weighted by atomic mass is 10.1. The lowest BCUT2D eigenvalue weighted by Crippen LogP contribution is -2.40. The maximum Gasteiger partial charge on any atom is 0.472 e. The monoisotopic (exact) mass is 432 g/mol.